The van der Waals surface area contributed by atoms with Crippen LogP contribution in [0.15, 0.2) is 36.4 Å². The number of sulfone groups is 1. The number of hydrogen-bond acceptors (Lipinski definition) is 3. The van der Waals surface area contributed by atoms with Gasteiger partial charge in [0.2, 0.25) is 0 Å². The second-order valence-corrected chi connectivity index (χ2v) is 7.99. The molecule has 0 aliphatic carbocycles. The molecule has 0 unspecified atom stereocenters. The summed E-state index contributed by atoms with van der Waals surface area (Å²) < 4.78 is 30.2. The summed E-state index contributed by atoms with van der Waals surface area (Å²) >= 11 is 5.95. The Balaban J connectivity index is 2.26. The van der Waals surface area contributed by atoms with Gasteiger partial charge in [-0.25, -0.2) is 8.42 Å². The van der Waals surface area contributed by atoms with Gasteiger partial charge in [0.1, 0.15) is 5.75 Å². The lowest BCUT2D eigenvalue weighted by Gasteiger charge is -2.10. The minimum atomic E-state index is -3.31. The van der Waals surface area contributed by atoms with E-state index in [9.17, 15) is 8.42 Å². The maximum atomic E-state index is 12.5. The third-order valence-electron chi connectivity index (χ3n) is 3.29. The molecule has 0 aliphatic heterocycles. The molecule has 0 bridgehead atoms. The van der Waals surface area contributed by atoms with Crippen molar-refractivity contribution in [2.45, 2.75) is 25.4 Å². The fourth-order valence-electron chi connectivity index (χ4n) is 2.55. The minimum Gasteiger partial charge on any atom is -0.496 e. The van der Waals surface area contributed by atoms with Crippen LogP contribution in [0.2, 0.25) is 5.02 Å². The molecule has 0 N–H and O–H groups in total. The normalized spacial score (nSPS) is 11.5. The van der Waals surface area contributed by atoms with E-state index in [4.69, 9.17) is 16.3 Å². The van der Waals surface area contributed by atoms with Crippen molar-refractivity contribution in [1.29, 1.82) is 0 Å². The van der Waals surface area contributed by atoms with Gasteiger partial charge in [-0.05, 0) is 37.6 Å². The Hall–Kier alpha value is -1.52. The highest BCUT2D eigenvalue weighted by atomic mass is 35.5. The molecule has 2 aromatic carbocycles. The van der Waals surface area contributed by atoms with Gasteiger partial charge in [-0.15, -0.1) is 0 Å². The lowest BCUT2D eigenvalue weighted by Crippen LogP contribution is -2.09. The molecule has 3 nitrogen and oxygen atoms in total. The molecule has 118 valence electrons. The summed E-state index contributed by atoms with van der Waals surface area (Å²) in [7, 11) is -1.79. The highest BCUT2D eigenvalue weighted by Gasteiger charge is 2.17. The second-order valence-electron chi connectivity index (χ2n) is 5.48. The first-order valence-corrected chi connectivity index (χ1v) is 9.09. The van der Waals surface area contributed by atoms with Crippen LogP contribution < -0.4 is 4.74 Å². The van der Waals surface area contributed by atoms with Gasteiger partial charge >= 0.3 is 0 Å². The van der Waals surface area contributed by atoms with Crippen molar-refractivity contribution < 1.29 is 13.2 Å². The average Bonchev–Trinajstić information content (AvgIpc) is 2.36. The van der Waals surface area contributed by atoms with Gasteiger partial charge in [0.25, 0.3) is 0 Å². The predicted molar refractivity (Wildman–Crippen MR) is 90.2 cm³/mol. The van der Waals surface area contributed by atoms with Gasteiger partial charge in [0.05, 0.1) is 18.6 Å². The molecule has 0 amide bonds. The van der Waals surface area contributed by atoms with Crippen LogP contribution in [0.25, 0.3) is 0 Å². The van der Waals surface area contributed by atoms with Gasteiger partial charge in [0.15, 0.2) is 9.84 Å². The molecule has 5 heteroatoms. The van der Waals surface area contributed by atoms with E-state index in [2.05, 4.69) is 0 Å². The first-order valence-electron chi connectivity index (χ1n) is 6.89. The van der Waals surface area contributed by atoms with Gasteiger partial charge in [-0.2, -0.15) is 0 Å². The van der Waals surface area contributed by atoms with E-state index in [1.165, 1.54) is 7.11 Å². The Bertz CT molecular complexity index is 762. The highest BCUT2D eigenvalue weighted by Crippen LogP contribution is 2.26. The molecule has 0 spiro atoms. The highest BCUT2D eigenvalue weighted by molar-refractivity contribution is 7.89. The van der Waals surface area contributed by atoms with Gasteiger partial charge in [-0.1, -0.05) is 40.9 Å². The van der Waals surface area contributed by atoms with Crippen LogP contribution in [0.5, 0.6) is 5.75 Å². The largest absolute Gasteiger partial charge is 0.496 e. The van der Waals surface area contributed by atoms with Crippen LogP contribution in [-0.2, 0) is 21.3 Å². The Kier molecular flexibility index (Phi) is 5.14. The Morgan fingerprint density at radius 1 is 1.00 bits per heavy atom. The number of ether oxygens (including phenoxy) is 1. The standard InChI is InChI=1S/C17H19ClO3S/c1-12-6-13(2)8-14(7-12)10-22(19,20)11-15-9-16(18)4-5-17(15)21-3/h4-9H,10-11H2,1-3H3. The molecule has 2 aromatic rings. The molecular weight excluding hydrogens is 320 g/mol. The zero-order chi connectivity index (χ0) is 16.3. The van der Waals surface area contributed by atoms with Crippen molar-refractivity contribution in [1.82, 2.24) is 0 Å². The van der Waals surface area contributed by atoms with Gasteiger partial charge in [-0.3, -0.25) is 0 Å². The molecule has 0 heterocycles. The average molecular weight is 339 g/mol. The van der Waals surface area contributed by atoms with Crippen LogP contribution in [0.4, 0.5) is 0 Å². The summed E-state index contributed by atoms with van der Waals surface area (Å²) in [5, 5.41) is 0.498. The molecule has 0 radical (unpaired) electrons. The van der Waals surface area contributed by atoms with E-state index in [1.54, 1.807) is 18.2 Å². The van der Waals surface area contributed by atoms with Crippen molar-refractivity contribution in [3.05, 3.63) is 63.7 Å². The monoisotopic (exact) mass is 338 g/mol. The van der Waals surface area contributed by atoms with Crippen molar-refractivity contribution in [2.24, 2.45) is 0 Å². The van der Waals surface area contributed by atoms with Crippen molar-refractivity contribution >= 4 is 21.4 Å². The number of hydrogen-bond donors (Lipinski definition) is 0. The van der Waals surface area contributed by atoms with E-state index in [-0.39, 0.29) is 11.5 Å². The molecule has 0 aliphatic rings. The topological polar surface area (TPSA) is 43.4 Å². The summed E-state index contributed by atoms with van der Waals surface area (Å²) in [5.41, 5.74) is 3.51. The third-order valence-corrected chi connectivity index (χ3v) is 5.05. The predicted octanol–water partition coefficient (Wildman–Crippen LogP) is 4.08. The van der Waals surface area contributed by atoms with Crippen LogP contribution >= 0.6 is 11.6 Å². The number of benzene rings is 2. The lowest BCUT2D eigenvalue weighted by molar-refractivity contribution is 0.411. The molecule has 0 fully saturated rings. The maximum absolute atomic E-state index is 12.5. The Labute approximate surface area is 136 Å². The zero-order valence-corrected chi connectivity index (χ0v) is 14.5. The van der Waals surface area contributed by atoms with Crippen LogP contribution in [0, 0.1) is 13.8 Å². The molecule has 22 heavy (non-hydrogen) atoms. The number of rotatable bonds is 5. The Morgan fingerprint density at radius 3 is 2.23 bits per heavy atom. The van der Waals surface area contributed by atoms with Crippen LogP contribution in [0.3, 0.4) is 0 Å². The SMILES string of the molecule is COc1ccc(Cl)cc1CS(=O)(=O)Cc1cc(C)cc(C)c1. The fourth-order valence-corrected chi connectivity index (χ4v) is 4.22. The smallest absolute Gasteiger partial charge is 0.158 e. The summed E-state index contributed by atoms with van der Waals surface area (Å²) in [6.45, 7) is 3.92. The van der Waals surface area contributed by atoms with Crippen molar-refractivity contribution in [3.63, 3.8) is 0 Å². The zero-order valence-electron chi connectivity index (χ0n) is 12.9. The van der Waals surface area contributed by atoms with Gasteiger partial charge < -0.3 is 4.74 Å². The minimum absolute atomic E-state index is 0.00515. The molecule has 0 atom stereocenters. The van der Waals surface area contributed by atoms with E-state index < -0.39 is 9.84 Å². The Morgan fingerprint density at radius 2 is 1.64 bits per heavy atom. The molecule has 0 aromatic heterocycles. The summed E-state index contributed by atoms with van der Waals surface area (Å²) in [6, 6.07) is 10.8. The number of aryl methyl sites for hydroxylation is 2. The van der Waals surface area contributed by atoms with E-state index >= 15 is 0 Å². The van der Waals surface area contributed by atoms with E-state index in [0.717, 1.165) is 16.7 Å². The van der Waals surface area contributed by atoms with E-state index in [1.807, 2.05) is 32.0 Å². The lowest BCUT2D eigenvalue weighted by atomic mass is 10.1. The molecule has 0 saturated heterocycles. The number of methoxy groups -OCH3 is 1. The maximum Gasteiger partial charge on any atom is 0.158 e. The summed E-state index contributed by atoms with van der Waals surface area (Å²) in [4.78, 5) is 0. The van der Waals surface area contributed by atoms with E-state index in [0.29, 0.717) is 16.3 Å². The molecular formula is C17H19ClO3S. The summed E-state index contributed by atoms with van der Waals surface area (Å²) in [6.07, 6.45) is 0. The van der Waals surface area contributed by atoms with Gasteiger partial charge in [0, 0.05) is 10.6 Å². The van der Waals surface area contributed by atoms with Crippen molar-refractivity contribution in [2.75, 3.05) is 7.11 Å². The van der Waals surface area contributed by atoms with Crippen LogP contribution in [-0.4, -0.2) is 15.5 Å². The van der Waals surface area contributed by atoms with Crippen molar-refractivity contribution in [3.8, 4) is 5.75 Å². The summed E-state index contributed by atoms with van der Waals surface area (Å²) in [5.74, 6) is 0.447. The first kappa shape index (κ1) is 16.8. The fraction of sp³-hybridized carbons (Fsp3) is 0.294. The molecule has 2 rings (SSSR count). The number of halogens is 1. The quantitative estimate of drug-likeness (QED) is 0.825. The second kappa shape index (κ2) is 6.71. The van der Waals surface area contributed by atoms with Crippen LogP contribution in [0.1, 0.15) is 22.3 Å². The third kappa shape index (κ3) is 4.49. The first-order chi connectivity index (χ1) is 10.3. The molecule has 0 saturated carbocycles.